The first-order chi connectivity index (χ1) is 4.36. The van der Waals surface area contributed by atoms with E-state index in [9.17, 15) is 9.59 Å². The van der Waals surface area contributed by atoms with E-state index in [1.807, 2.05) is 0 Å². The monoisotopic (exact) mass is 161 g/mol. The van der Waals surface area contributed by atoms with E-state index in [1.54, 1.807) is 0 Å². The Morgan fingerprint density at radius 2 is 1.90 bits per heavy atom. The van der Waals surface area contributed by atoms with Crippen molar-refractivity contribution in [1.29, 1.82) is 0 Å². The summed E-state index contributed by atoms with van der Waals surface area (Å²) in [5.41, 5.74) is 9.63. The average molecular weight is 161 g/mol. The average Bonchev–Trinajstić information content (AvgIpc) is 1.60. The molecule has 0 aliphatic carbocycles. The SMILES string of the molecule is CC(S)([CH]C(N)=O)C(N)=O. The van der Waals surface area contributed by atoms with Crippen LogP contribution in [0.2, 0.25) is 0 Å². The lowest BCUT2D eigenvalue weighted by Gasteiger charge is -2.15. The Balaban J connectivity index is 4.13. The second-order valence-electron chi connectivity index (χ2n) is 2.06. The molecular formula is C5H9N2O2S. The van der Waals surface area contributed by atoms with Crippen molar-refractivity contribution < 1.29 is 9.59 Å². The minimum atomic E-state index is -1.24. The molecule has 1 radical (unpaired) electrons. The van der Waals surface area contributed by atoms with Crippen LogP contribution in [0.4, 0.5) is 0 Å². The molecule has 1 unspecified atom stereocenters. The number of carbonyl (C=O) groups is 2. The molecule has 0 bridgehead atoms. The van der Waals surface area contributed by atoms with E-state index >= 15 is 0 Å². The van der Waals surface area contributed by atoms with Crippen LogP contribution < -0.4 is 11.5 Å². The van der Waals surface area contributed by atoms with Crippen molar-refractivity contribution >= 4 is 24.4 Å². The molecule has 5 heteroatoms. The third-order valence-electron chi connectivity index (χ3n) is 0.922. The number of hydrogen-bond acceptors (Lipinski definition) is 3. The second-order valence-corrected chi connectivity index (χ2v) is 2.99. The molecule has 0 aromatic heterocycles. The van der Waals surface area contributed by atoms with Gasteiger partial charge in [-0.1, -0.05) is 0 Å². The molecule has 0 heterocycles. The Hall–Kier alpha value is -0.710. The standard InChI is InChI=1S/C5H9N2O2S/c1-5(10,4(7)9)2-3(6)8/h2,10H,1H3,(H2,6,8)(H2,7,9). The maximum atomic E-state index is 10.5. The lowest BCUT2D eigenvalue weighted by Crippen LogP contribution is -2.40. The van der Waals surface area contributed by atoms with Gasteiger partial charge < -0.3 is 11.5 Å². The molecule has 4 nitrogen and oxygen atoms in total. The fourth-order valence-electron chi connectivity index (χ4n) is 0.348. The number of rotatable bonds is 3. The van der Waals surface area contributed by atoms with Gasteiger partial charge in [0.1, 0.15) is 4.75 Å². The molecule has 0 aliphatic heterocycles. The molecule has 0 saturated heterocycles. The summed E-state index contributed by atoms with van der Waals surface area (Å²) < 4.78 is -1.24. The van der Waals surface area contributed by atoms with E-state index in [4.69, 9.17) is 11.5 Å². The molecule has 57 valence electrons. The van der Waals surface area contributed by atoms with E-state index in [0.29, 0.717) is 0 Å². The van der Waals surface area contributed by atoms with E-state index in [0.717, 1.165) is 6.42 Å². The van der Waals surface area contributed by atoms with Crippen LogP contribution in [0, 0.1) is 6.42 Å². The Morgan fingerprint density at radius 3 is 2.00 bits per heavy atom. The fraction of sp³-hybridized carbons (Fsp3) is 0.400. The molecule has 10 heavy (non-hydrogen) atoms. The third-order valence-corrected chi connectivity index (χ3v) is 1.27. The van der Waals surface area contributed by atoms with Crippen LogP contribution in [-0.4, -0.2) is 16.6 Å². The van der Waals surface area contributed by atoms with Crippen molar-refractivity contribution in [3.63, 3.8) is 0 Å². The molecule has 0 rings (SSSR count). The predicted octanol–water partition coefficient (Wildman–Crippen LogP) is -1.15. The van der Waals surface area contributed by atoms with Crippen LogP contribution in [0.15, 0.2) is 0 Å². The maximum Gasteiger partial charge on any atom is 0.233 e. The van der Waals surface area contributed by atoms with E-state index in [-0.39, 0.29) is 0 Å². The molecule has 0 fully saturated rings. The van der Waals surface area contributed by atoms with Crippen molar-refractivity contribution in [2.24, 2.45) is 11.5 Å². The molecule has 2 amide bonds. The van der Waals surface area contributed by atoms with Gasteiger partial charge in [-0.3, -0.25) is 9.59 Å². The lowest BCUT2D eigenvalue weighted by atomic mass is 10.1. The largest absolute Gasteiger partial charge is 0.369 e. The quantitative estimate of drug-likeness (QED) is 0.456. The molecule has 0 aromatic carbocycles. The van der Waals surface area contributed by atoms with Crippen molar-refractivity contribution in [3.05, 3.63) is 6.42 Å². The van der Waals surface area contributed by atoms with Crippen molar-refractivity contribution in [2.45, 2.75) is 11.7 Å². The summed E-state index contributed by atoms with van der Waals surface area (Å²) in [6, 6.07) is 0. The molecule has 4 N–H and O–H groups in total. The zero-order valence-electron chi connectivity index (χ0n) is 5.50. The summed E-state index contributed by atoms with van der Waals surface area (Å²) in [4.78, 5) is 20.7. The van der Waals surface area contributed by atoms with E-state index in [1.165, 1.54) is 6.92 Å². The second kappa shape index (κ2) is 2.92. The van der Waals surface area contributed by atoms with Crippen LogP contribution in [0.5, 0.6) is 0 Å². The highest BCUT2D eigenvalue weighted by Gasteiger charge is 2.28. The fourth-order valence-corrected chi connectivity index (χ4v) is 0.475. The molecule has 0 aliphatic rings. The minimum absolute atomic E-state index is 0.699. The number of carbonyl (C=O) groups excluding carboxylic acids is 2. The topological polar surface area (TPSA) is 86.2 Å². The van der Waals surface area contributed by atoms with Crippen molar-refractivity contribution in [3.8, 4) is 0 Å². The van der Waals surface area contributed by atoms with Gasteiger partial charge in [0.15, 0.2) is 0 Å². The van der Waals surface area contributed by atoms with Crippen LogP contribution in [0.25, 0.3) is 0 Å². The summed E-state index contributed by atoms with van der Waals surface area (Å²) in [6.45, 7) is 1.39. The minimum Gasteiger partial charge on any atom is -0.369 e. The van der Waals surface area contributed by atoms with Gasteiger partial charge in [-0.15, -0.1) is 0 Å². The van der Waals surface area contributed by atoms with E-state index in [2.05, 4.69) is 12.6 Å². The summed E-state index contributed by atoms with van der Waals surface area (Å²) >= 11 is 3.79. The highest BCUT2D eigenvalue weighted by atomic mass is 32.1. The van der Waals surface area contributed by atoms with Crippen LogP contribution >= 0.6 is 12.6 Å². The number of thiol groups is 1. The normalized spacial score (nSPS) is 15.8. The van der Waals surface area contributed by atoms with Crippen LogP contribution in [0.3, 0.4) is 0 Å². The van der Waals surface area contributed by atoms with Gasteiger partial charge in [0, 0.05) is 0 Å². The number of amides is 2. The van der Waals surface area contributed by atoms with E-state index < -0.39 is 16.6 Å². The van der Waals surface area contributed by atoms with Crippen LogP contribution in [0.1, 0.15) is 6.92 Å². The predicted molar refractivity (Wildman–Crippen MR) is 40.1 cm³/mol. The zero-order valence-corrected chi connectivity index (χ0v) is 6.39. The summed E-state index contributed by atoms with van der Waals surface area (Å²) in [6.07, 6.45) is 0.957. The van der Waals surface area contributed by atoms with Crippen molar-refractivity contribution in [2.75, 3.05) is 0 Å². The Labute approximate surface area is 64.4 Å². The molecule has 0 spiro atoms. The number of hydrogen-bond donors (Lipinski definition) is 3. The third kappa shape index (κ3) is 2.72. The van der Waals surface area contributed by atoms with Gasteiger partial charge in [0.2, 0.25) is 11.8 Å². The summed E-state index contributed by atoms with van der Waals surface area (Å²) in [7, 11) is 0. The highest BCUT2D eigenvalue weighted by Crippen LogP contribution is 2.15. The van der Waals surface area contributed by atoms with Gasteiger partial charge in [0.05, 0.1) is 6.42 Å². The summed E-state index contributed by atoms with van der Waals surface area (Å²) in [5.74, 6) is -1.41. The molecular weight excluding hydrogens is 152 g/mol. The highest BCUT2D eigenvalue weighted by molar-refractivity contribution is 7.83. The number of nitrogens with two attached hydrogens (primary N) is 2. The Kier molecular flexibility index (Phi) is 2.71. The molecule has 0 aromatic rings. The molecule has 1 atom stereocenters. The maximum absolute atomic E-state index is 10.5. The Morgan fingerprint density at radius 1 is 1.50 bits per heavy atom. The van der Waals surface area contributed by atoms with Gasteiger partial charge in [-0.05, 0) is 6.92 Å². The van der Waals surface area contributed by atoms with Gasteiger partial charge in [0.25, 0.3) is 0 Å². The summed E-state index contributed by atoms with van der Waals surface area (Å²) in [5, 5.41) is 0. The lowest BCUT2D eigenvalue weighted by molar-refractivity contribution is -0.122. The number of primary amides is 2. The van der Waals surface area contributed by atoms with Crippen molar-refractivity contribution in [1.82, 2.24) is 0 Å². The first-order valence-electron chi connectivity index (χ1n) is 2.54. The molecule has 0 saturated carbocycles. The van der Waals surface area contributed by atoms with Crippen LogP contribution in [-0.2, 0) is 9.59 Å². The first kappa shape index (κ1) is 9.29. The first-order valence-corrected chi connectivity index (χ1v) is 2.98. The van der Waals surface area contributed by atoms with Gasteiger partial charge in [-0.2, -0.15) is 12.6 Å². The Bertz CT molecular complexity index is 167. The smallest absolute Gasteiger partial charge is 0.233 e. The van der Waals surface area contributed by atoms with Gasteiger partial charge in [-0.25, -0.2) is 0 Å². The zero-order chi connectivity index (χ0) is 8.36. The van der Waals surface area contributed by atoms with Gasteiger partial charge >= 0.3 is 0 Å².